The second-order valence-corrected chi connectivity index (χ2v) is 22.6. The van der Waals surface area contributed by atoms with Crippen molar-refractivity contribution in [3.63, 3.8) is 0 Å². The second kappa shape index (κ2) is 37.3. The van der Waals surface area contributed by atoms with Gasteiger partial charge in [-0.05, 0) is 171 Å². The van der Waals surface area contributed by atoms with E-state index in [4.69, 9.17) is 77.3 Å². The molecule has 402 valence electrons. The van der Waals surface area contributed by atoms with Gasteiger partial charge < -0.3 is 16.7 Å². The van der Waals surface area contributed by atoms with E-state index in [0.717, 1.165) is 25.3 Å². The largest absolute Gasteiger partial charge is 1.00 e. The van der Waals surface area contributed by atoms with Gasteiger partial charge in [0.05, 0.1) is 80.1 Å². The Morgan fingerprint density at radius 2 is 0.975 bits per heavy atom. The summed E-state index contributed by atoms with van der Waals surface area (Å²) in [5.41, 5.74) is 4.45. The van der Waals surface area contributed by atoms with Gasteiger partial charge in [0.2, 0.25) is 19.7 Å². The Balaban J connectivity index is 0.000000990. The zero-order valence-electron chi connectivity index (χ0n) is 44.4. The van der Waals surface area contributed by atoms with Crippen molar-refractivity contribution < 1.29 is 150 Å². The van der Waals surface area contributed by atoms with Gasteiger partial charge in [-0.2, -0.15) is 15.8 Å². The van der Waals surface area contributed by atoms with Crippen LogP contribution in [0.3, 0.4) is 0 Å². The van der Waals surface area contributed by atoms with Crippen LogP contribution in [0.5, 0.6) is 0 Å². The quantitative estimate of drug-likeness (QED) is 0.0480. The van der Waals surface area contributed by atoms with Gasteiger partial charge in [0.25, 0.3) is 6.47 Å². The molecule has 1 N–H and O–H groups in total. The summed E-state index contributed by atoms with van der Waals surface area (Å²) in [6.45, 7) is 6.72. The van der Waals surface area contributed by atoms with Gasteiger partial charge in [-0.1, -0.05) is 107 Å². The molecule has 8 aromatic rings. The van der Waals surface area contributed by atoms with Gasteiger partial charge >= 0.3 is 109 Å². The molecule has 0 aliphatic heterocycles. The maximum Gasteiger partial charge on any atom is 1.00 e. The van der Waals surface area contributed by atoms with Gasteiger partial charge in [0.1, 0.15) is 5.82 Å². The Morgan fingerprint density at radius 1 is 0.588 bits per heavy atom. The predicted octanol–water partition coefficient (Wildman–Crippen LogP) is 8.39. The maximum absolute atomic E-state index is 12.5. The number of carboxylic acids is 1. The summed E-state index contributed by atoms with van der Waals surface area (Å²) >= 11 is 29.2. The predicted molar refractivity (Wildman–Crippen MR) is 302 cm³/mol. The van der Waals surface area contributed by atoms with Crippen LogP contribution >= 0.6 is 70.8 Å². The second-order valence-electron chi connectivity index (χ2n) is 15.6. The van der Waals surface area contributed by atoms with Crippen molar-refractivity contribution in [2.45, 2.75) is 62.0 Å². The molecule has 0 saturated carbocycles. The van der Waals surface area contributed by atoms with Crippen molar-refractivity contribution in [2.75, 3.05) is 0 Å². The van der Waals surface area contributed by atoms with Crippen LogP contribution in [-0.2, 0) is 29.4 Å². The van der Waals surface area contributed by atoms with Gasteiger partial charge in [-0.25, -0.2) is 26.0 Å². The number of aromatic carboxylic acids is 1. The number of sulfone groups is 2. The molecule has 12 nitrogen and oxygen atoms in total. The Morgan fingerprint density at radius 3 is 1.35 bits per heavy atom. The minimum absolute atomic E-state index is 0. The first-order valence-corrected chi connectivity index (χ1v) is 27.8. The van der Waals surface area contributed by atoms with Crippen molar-refractivity contribution in [1.29, 1.82) is 15.8 Å². The summed E-state index contributed by atoms with van der Waals surface area (Å²) in [6, 6.07) is 51.9. The Bertz CT molecular complexity index is 3780. The normalized spacial score (nSPS) is 9.85. The van der Waals surface area contributed by atoms with Gasteiger partial charge in [0, 0.05) is 14.7 Å². The van der Waals surface area contributed by atoms with Crippen LogP contribution in [0.4, 0.5) is 4.39 Å². The van der Waals surface area contributed by atoms with Crippen LogP contribution < -0.4 is 108 Å². The van der Waals surface area contributed by atoms with E-state index in [1.165, 1.54) is 78.9 Å². The first kappa shape index (κ1) is 74.1. The average molecular weight is 1280 g/mol. The average Bonchev–Trinajstić information content (AvgIpc) is 3.43. The van der Waals surface area contributed by atoms with Crippen LogP contribution in [-0.4, -0.2) is 34.4 Å². The third kappa shape index (κ3) is 23.0. The number of aryl methyl sites for hydroxylation is 4. The van der Waals surface area contributed by atoms with Crippen molar-refractivity contribution in [1.82, 2.24) is 0 Å². The van der Waals surface area contributed by atoms with Crippen LogP contribution in [0.15, 0.2) is 204 Å². The third-order valence-electron chi connectivity index (χ3n) is 10.2. The molecule has 80 heavy (non-hydrogen) atoms. The zero-order chi connectivity index (χ0) is 58.2. The van der Waals surface area contributed by atoms with E-state index >= 15 is 0 Å². The third-order valence-corrected chi connectivity index (χ3v) is 17.1. The van der Waals surface area contributed by atoms with Crippen molar-refractivity contribution in [2.24, 2.45) is 0 Å². The van der Waals surface area contributed by atoms with E-state index in [9.17, 15) is 26.0 Å². The molecule has 0 atom stereocenters. The van der Waals surface area contributed by atoms with Gasteiger partial charge in [-0.3, -0.25) is 4.79 Å². The number of carboxylic acid groups (broad SMARTS) is 1. The van der Waals surface area contributed by atoms with Crippen LogP contribution in [0.1, 0.15) is 50.7 Å². The number of carbonyl (C=O) groups excluding carboxylic acids is 1. The summed E-state index contributed by atoms with van der Waals surface area (Å²) in [4.78, 5) is 25.4. The number of nitrogens with zero attached hydrogens (tertiary/aromatic N) is 3. The van der Waals surface area contributed by atoms with E-state index in [1.807, 2.05) is 85.8 Å². The molecule has 0 heterocycles. The number of hydrogen-bond acceptors (Lipinski definition) is 13. The molecule has 0 aliphatic carbocycles. The first-order chi connectivity index (χ1) is 37.0. The Hall–Kier alpha value is -3.91. The maximum atomic E-state index is 12.5. The molecular weight excluding hydrogens is 1240 g/mol. The monoisotopic (exact) mass is 1280 g/mol. The molecule has 8 rings (SSSR count). The number of thiol groups is 1. The number of carbonyl (C=O) groups is 2. The molecule has 0 aliphatic rings. The van der Waals surface area contributed by atoms with E-state index in [1.54, 1.807) is 56.8 Å². The molecule has 0 spiro atoms. The molecule has 0 bridgehead atoms. The van der Waals surface area contributed by atoms with Crippen molar-refractivity contribution in [3.8, 4) is 18.2 Å². The fourth-order valence-corrected chi connectivity index (χ4v) is 11.4. The number of nitriles is 3. The van der Waals surface area contributed by atoms with Gasteiger partial charge in [0.15, 0.2) is 0 Å². The standard InChI is InChI=1S/C14H10ClNO2S.C14H10ClNS.C14H11ClO4S.C8H6FN.C6H5ClS.CH2O3.2K.H/c1-10-8-12(7-6-11(10)9-16)19(17,18)14-5-3-2-4-13(14)15;1-10-8-12(7-6-11(10)9-16)17-14-5-3-2-4-13(14)15;1-9-8-10(6-7-11(9)14(16)17)20(18,19)13-5-3-2-4-12(13)15;1-6-4-8(9)3-2-7(6)5-10;7-5-3-1-2-4-6(5)8;2-1-4-3;;;/h2-8H,1H3;2-8H,1H3;2-8H,1H3,(H,16,17);2-4H,1H3;1-4,8H;1,3H;;;/q;;;;;;2*+1;-1/p-1. The summed E-state index contributed by atoms with van der Waals surface area (Å²) in [6.07, 6.45) is 0. The van der Waals surface area contributed by atoms with Crippen LogP contribution in [0, 0.1) is 67.5 Å². The van der Waals surface area contributed by atoms with E-state index in [-0.39, 0.29) is 152 Å². The summed E-state index contributed by atoms with van der Waals surface area (Å²) < 4.78 is 62.2. The molecule has 0 unspecified atom stereocenters. The summed E-state index contributed by atoms with van der Waals surface area (Å²) in [5.74, 6) is -1.39. The minimum atomic E-state index is -3.76. The Labute approximate surface area is 581 Å². The van der Waals surface area contributed by atoms with Crippen molar-refractivity contribution in [3.05, 3.63) is 240 Å². The first-order valence-electron chi connectivity index (χ1n) is 22.1. The molecule has 23 heteroatoms. The number of hydrogen-bond donors (Lipinski definition) is 2. The molecule has 0 radical (unpaired) electrons. The number of halogens is 5. The number of benzene rings is 8. The van der Waals surface area contributed by atoms with Gasteiger partial charge in [-0.15, -0.1) is 12.6 Å². The Kier molecular flexibility index (Phi) is 34.6. The fraction of sp³-hybridized carbons (Fsp3) is 0.0702. The summed E-state index contributed by atoms with van der Waals surface area (Å²) in [5, 5.41) is 45.3. The van der Waals surface area contributed by atoms with Crippen LogP contribution in [0.25, 0.3) is 0 Å². The minimum Gasteiger partial charge on any atom is -1.00 e. The molecule has 0 fully saturated rings. The SMILES string of the molecule is Cc1cc(F)ccc1C#N.Cc1cc(S(=O)(=O)c2ccccc2Cl)ccc1C#N.Cc1cc(S(=O)(=O)c2ccccc2Cl)ccc1C(=O)O.Cc1cc(Sc2ccccc2Cl)ccc1C#N.O=CO[O-].Sc1ccccc1Cl.[H-].[K+].[K+]. The molecule has 0 amide bonds. The van der Waals surface area contributed by atoms with Crippen LogP contribution in [0.2, 0.25) is 20.1 Å². The molecular formula is C57H44Cl4FK2N3O9S4. The van der Waals surface area contributed by atoms with E-state index in [2.05, 4.69) is 23.6 Å². The smallest absolute Gasteiger partial charge is 1.00 e. The van der Waals surface area contributed by atoms with Crippen molar-refractivity contribution >= 4 is 103 Å². The molecule has 0 saturated heterocycles. The van der Waals surface area contributed by atoms with E-state index < -0.39 is 25.6 Å². The zero-order valence-corrected chi connectivity index (χ0v) is 56.0. The topological polar surface area (TPSA) is 226 Å². The van der Waals surface area contributed by atoms with E-state index in [0.29, 0.717) is 38.4 Å². The molecule has 8 aromatic carbocycles. The number of rotatable bonds is 8. The summed E-state index contributed by atoms with van der Waals surface area (Å²) in [7, 11) is -7.42. The molecule has 0 aromatic heterocycles. The fourth-order valence-electron chi connectivity index (χ4n) is 6.24.